The first-order valence-corrected chi connectivity index (χ1v) is 11.3. The van der Waals surface area contributed by atoms with E-state index in [2.05, 4.69) is 18.9 Å². The average molecular weight is 382 g/mol. The molecule has 0 aliphatic carbocycles. The number of likely N-dealkylation sites (tertiary alicyclic amines) is 1. The molecule has 0 aromatic rings. The Kier molecular flexibility index (Phi) is 12.6. The van der Waals surface area contributed by atoms with Crippen LogP contribution in [0.5, 0.6) is 0 Å². The molecular weight excluding hydrogens is 338 g/mol. The van der Waals surface area contributed by atoms with Crippen molar-refractivity contribution in [3.8, 4) is 0 Å². The van der Waals surface area contributed by atoms with E-state index in [0.29, 0.717) is 17.9 Å². The van der Waals surface area contributed by atoms with Crippen molar-refractivity contribution in [3.63, 3.8) is 0 Å². The zero-order chi connectivity index (χ0) is 20.1. The first-order valence-electron chi connectivity index (χ1n) is 11.3. The summed E-state index contributed by atoms with van der Waals surface area (Å²) in [6.45, 7) is 5.37. The number of unbranched alkanes of at least 4 members (excludes halogenated alkanes) is 9. The van der Waals surface area contributed by atoms with Gasteiger partial charge < -0.3 is 9.53 Å². The second kappa shape index (κ2) is 14.1. The normalized spacial score (nSPS) is 23.3. The Labute approximate surface area is 167 Å². The average Bonchev–Trinajstić information content (AvgIpc) is 2.61. The van der Waals surface area contributed by atoms with E-state index < -0.39 is 0 Å². The van der Waals surface area contributed by atoms with E-state index in [4.69, 9.17) is 4.74 Å². The fraction of sp³-hybridized carbons (Fsp3) is 0.913. The van der Waals surface area contributed by atoms with Gasteiger partial charge in [-0.05, 0) is 46.6 Å². The Morgan fingerprint density at radius 3 is 1.89 bits per heavy atom. The molecule has 1 fully saturated rings. The quantitative estimate of drug-likeness (QED) is 0.287. The molecule has 4 heteroatoms. The third-order valence-electron chi connectivity index (χ3n) is 6.17. The van der Waals surface area contributed by atoms with E-state index in [1.165, 1.54) is 71.1 Å². The summed E-state index contributed by atoms with van der Waals surface area (Å²) in [6, 6.07) is 0.963. The molecule has 0 aromatic heterocycles. The Bertz CT molecular complexity index is 424. The summed E-state index contributed by atoms with van der Waals surface area (Å²) in [5.41, 5.74) is 0. The Morgan fingerprint density at radius 1 is 0.852 bits per heavy atom. The highest BCUT2D eigenvalue weighted by Crippen LogP contribution is 2.27. The number of hydrogen-bond donors (Lipinski definition) is 0. The summed E-state index contributed by atoms with van der Waals surface area (Å²) < 4.78 is 5.45. The fourth-order valence-electron chi connectivity index (χ4n) is 4.28. The van der Waals surface area contributed by atoms with Crippen LogP contribution in [-0.4, -0.2) is 41.9 Å². The van der Waals surface area contributed by atoms with Crippen molar-refractivity contribution in [2.24, 2.45) is 0 Å². The standard InChI is InChI=1S/C23H43NO3/c1-19(25)15-13-11-9-7-5-6-8-10-12-14-16-22-17-18-23(27-21(3)26)20(2)24(22)4/h20,22-23H,5-18H2,1-4H3. The molecular formula is C23H43NO3. The molecule has 158 valence electrons. The van der Waals surface area contributed by atoms with Gasteiger partial charge in [0.15, 0.2) is 0 Å². The van der Waals surface area contributed by atoms with Crippen molar-refractivity contribution in [3.05, 3.63) is 0 Å². The smallest absolute Gasteiger partial charge is 0.302 e. The van der Waals surface area contributed by atoms with Crippen molar-refractivity contribution in [2.45, 2.75) is 129 Å². The number of hydrogen-bond acceptors (Lipinski definition) is 4. The number of nitrogens with zero attached hydrogens (tertiary/aromatic N) is 1. The molecule has 0 bridgehead atoms. The third kappa shape index (κ3) is 10.9. The molecule has 0 amide bonds. The van der Waals surface area contributed by atoms with Gasteiger partial charge >= 0.3 is 5.97 Å². The zero-order valence-electron chi connectivity index (χ0n) is 18.3. The molecule has 0 radical (unpaired) electrons. The minimum Gasteiger partial charge on any atom is -0.461 e. The molecule has 4 nitrogen and oxygen atoms in total. The van der Waals surface area contributed by atoms with Crippen LogP contribution in [0.25, 0.3) is 0 Å². The molecule has 1 aliphatic heterocycles. The van der Waals surface area contributed by atoms with E-state index in [-0.39, 0.29) is 12.1 Å². The van der Waals surface area contributed by atoms with Crippen LogP contribution in [0.2, 0.25) is 0 Å². The number of carbonyl (C=O) groups excluding carboxylic acids is 2. The molecule has 0 aromatic carbocycles. The maximum Gasteiger partial charge on any atom is 0.302 e. The summed E-state index contributed by atoms with van der Waals surface area (Å²) in [5.74, 6) is 0.169. The second-order valence-corrected chi connectivity index (χ2v) is 8.56. The molecule has 3 unspecified atom stereocenters. The number of ether oxygens (including phenoxy) is 1. The van der Waals surface area contributed by atoms with Crippen molar-refractivity contribution in [2.75, 3.05) is 7.05 Å². The van der Waals surface area contributed by atoms with Gasteiger partial charge in [0.05, 0.1) is 0 Å². The minimum atomic E-state index is -0.158. The Hall–Kier alpha value is -0.900. The zero-order valence-corrected chi connectivity index (χ0v) is 18.3. The topological polar surface area (TPSA) is 46.6 Å². The van der Waals surface area contributed by atoms with E-state index in [1.807, 2.05) is 0 Å². The van der Waals surface area contributed by atoms with Crippen LogP contribution in [0.4, 0.5) is 0 Å². The highest BCUT2D eigenvalue weighted by atomic mass is 16.5. The lowest BCUT2D eigenvalue weighted by Gasteiger charge is -2.42. The van der Waals surface area contributed by atoms with Crippen molar-refractivity contribution >= 4 is 11.8 Å². The van der Waals surface area contributed by atoms with Gasteiger partial charge in [-0.3, -0.25) is 9.69 Å². The maximum absolute atomic E-state index is 11.2. The van der Waals surface area contributed by atoms with Gasteiger partial charge in [-0.2, -0.15) is 0 Å². The molecule has 1 heterocycles. The maximum atomic E-state index is 11.2. The predicted octanol–water partition coefficient (Wildman–Crippen LogP) is 5.67. The lowest BCUT2D eigenvalue weighted by molar-refractivity contribution is -0.153. The van der Waals surface area contributed by atoms with Crippen LogP contribution in [-0.2, 0) is 14.3 Å². The number of rotatable bonds is 14. The molecule has 1 aliphatic rings. The molecule has 0 spiro atoms. The lowest BCUT2D eigenvalue weighted by Crippen LogP contribution is -2.51. The monoisotopic (exact) mass is 381 g/mol. The molecule has 27 heavy (non-hydrogen) atoms. The summed E-state index contributed by atoms with van der Waals surface area (Å²) in [7, 11) is 2.18. The summed E-state index contributed by atoms with van der Waals surface area (Å²) in [5, 5.41) is 0. The van der Waals surface area contributed by atoms with Crippen LogP contribution in [0.3, 0.4) is 0 Å². The van der Waals surface area contributed by atoms with Crippen LogP contribution in [0, 0.1) is 0 Å². The van der Waals surface area contributed by atoms with Gasteiger partial charge in [0.1, 0.15) is 11.9 Å². The molecule has 1 rings (SSSR count). The number of esters is 1. The van der Waals surface area contributed by atoms with Crippen molar-refractivity contribution in [1.29, 1.82) is 0 Å². The highest BCUT2D eigenvalue weighted by Gasteiger charge is 2.33. The van der Waals surface area contributed by atoms with Gasteiger partial charge in [0.25, 0.3) is 0 Å². The van der Waals surface area contributed by atoms with Crippen LogP contribution >= 0.6 is 0 Å². The van der Waals surface area contributed by atoms with Gasteiger partial charge in [0, 0.05) is 25.4 Å². The summed E-state index contributed by atoms with van der Waals surface area (Å²) >= 11 is 0. The Morgan fingerprint density at radius 2 is 1.37 bits per heavy atom. The van der Waals surface area contributed by atoms with Crippen LogP contribution in [0.15, 0.2) is 0 Å². The SMILES string of the molecule is CC(=O)CCCCCCCCCCCCC1CCC(OC(C)=O)C(C)N1C. The van der Waals surface area contributed by atoms with Gasteiger partial charge in [-0.25, -0.2) is 0 Å². The number of piperidine rings is 1. The minimum absolute atomic E-state index is 0.0613. The first kappa shape index (κ1) is 24.1. The summed E-state index contributed by atoms with van der Waals surface area (Å²) in [4.78, 5) is 24.5. The van der Waals surface area contributed by atoms with E-state index in [0.717, 1.165) is 25.7 Å². The second-order valence-electron chi connectivity index (χ2n) is 8.56. The van der Waals surface area contributed by atoms with E-state index in [1.54, 1.807) is 6.92 Å². The molecule has 0 N–H and O–H groups in total. The van der Waals surface area contributed by atoms with Crippen LogP contribution in [0.1, 0.15) is 111 Å². The van der Waals surface area contributed by atoms with E-state index >= 15 is 0 Å². The molecule has 0 saturated carbocycles. The lowest BCUT2D eigenvalue weighted by atomic mass is 9.91. The Balaban J connectivity index is 1.96. The number of Topliss-reactive ketones (excluding diaryl/α,β-unsaturated/α-hetero) is 1. The van der Waals surface area contributed by atoms with Crippen molar-refractivity contribution in [1.82, 2.24) is 4.90 Å². The number of carbonyl (C=O) groups is 2. The van der Waals surface area contributed by atoms with Crippen LogP contribution < -0.4 is 0 Å². The largest absolute Gasteiger partial charge is 0.461 e. The van der Waals surface area contributed by atoms with Gasteiger partial charge in [-0.1, -0.05) is 57.8 Å². The predicted molar refractivity (Wildman–Crippen MR) is 112 cm³/mol. The van der Waals surface area contributed by atoms with Gasteiger partial charge in [-0.15, -0.1) is 0 Å². The molecule has 1 saturated heterocycles. The fourth-order valence-corrected chi connectivity index (χ4v) is 4.28. The van der Waals surface area contributed by atoms with Gasteiger partial charge in [0.2, 0.25) is 0 Å². The summed E-state index contributed by atoms with van der Waals surface area (Å²) in [6.07, 6.45) is 17.2. The first-order chi connectivity index (χ1) is 12.9. The number of ketones is 1. The highest BCUT2D eigenvalue weighted by molar-refractivity contribution is 5.75. The van der Waals surface area contributed by atoms with E-state index in [9.17, 15) is 9.59 Å². The van der Waals surface area contributed by atoms with Crippen molar-refractivity contribution < 1.29 is 14.3 Å². The molecule has 3 atom stereocenters. The number of likely N-dealkylation sites (N-methyl/N-ethyl adjacent to an activating group) is 1. The third-order valence-corrected chi connectivity index (χ3v) is 6.17.